The van der Waals surface area contributed by atoms with Crippen LogP contribution < -0.4 is 14.2 Å². The van der Waals surface area contributed by atoms with E-state index in [4.69, 9.17) is 14.2 Å². The molecule has 0 saturated carbocycles. The van der Waals surface area contributed by atoms with Gasteiger partial charge in [-0.3, -0.25) is 4.98 Å². The van der Waals surface area contributed by atoms with E-state index >= 15 is 0 Å². The van der Waals surface area contributed by atoms with Gasteiger partial charge in [0.15, 0.2) is 11.5 Å². The molecular formula is C14H16N2O4. The number of methoxy groups -OCH3 is 3. The molecule has 1 aromatic heterocycles. The molecule has 0 bridgehead atoms. The molecular weight excluding hydrogens is 260 g/mol. The Hall–Kier alpha value is -2.34. The van der Waals surface area contributed by atoms with E-state index in [1.165, 1.54) is 33.7 Å². The number of ether oxygens (including phenoxy) is 3. The van der Waals surface area contributed by atoms with E-state index in [0.717, 1.165) is 0 Å². The molecule has 0 aliphatic carbocycles. The fourth-order valence-corrected chi connectivity index (χ4v) is 1.96. The number of aromatic nitrogens is 2. The Morgan fingerprint density at radius 3 is 2.40 bits per heavy atom. The van der Waals surface area contributed by atoms with Crippen LogP contribution in [0.4, 0.5) is 0 Å². The van der Waals surface area contributed by atoms with Crippen molar-refractivity contribution in [3.8, 4) is 17.4 Å². The summed E-state index contributed by atoms with van der Waals surface area (Å²) in [5, 5.41) is 10.5. The molecule has 0 fully saturated rings. The second kappa shape index (κ2) is 6.21. The lowest BCUT2D eigenvalue weighted by Crippen LogP contribution is -2.08. The summed E-state index contributed by atoms with van der Waals surface area (Å²) in [6, 6.07) is 5.26. The van der Waals surface area contributed by atoms with E-state index in [0.29, 0.717) is 22.8 Å². The summed E-state index contributed by atoms with van der Waals surface area (Å²) in [5.74, 6) is 1.26. The van der Waals surface area contributed by atoms with Crippen molar-refractivity contribution in [2.45, 2.75) is 6.10 Å². The molecule has 0 spiro atoms. The van der Waals surface area contributed by atoms with E-state index in [9.17, 15) is 5.11 Å². The Kier molecular flexibility index (Phi) is 4.37. The van der Waals surface area contributed by atoms with Crippen molar-refractivity contribution in [2.75, 3.05) is 21.3 Å². The monoisotopic (exact) mass is 276 g/mol. The SMILES string of the molecule is COc1cccc(C(O)c2nccnc2OC)c1OC. The maximum Gasteiger partial charge on any atom is 0.238 e. The van der Waals surface area contributed by atoms with Crippen molar-refractivity contribution < 1.29 is 19.3 Å². The third-order valence-electron chi connectivity index (χ3n) is 2.87. The Balaban J connectivity index is 2.50. The lowest BCUT2D eigenvalue weighted by Gasteiger charge is -2.17. The maximum atomic E-state index is 10.5. The van der Waals surface area contributed by atoms with Gasteiger partial charge < -0.3 is 19.3 Å². The summed E-state index contributed by atoms with van der Waals surface area (Å²) in [5.41, 5.74) is 0.854. The lowest BCUT2D eigenvalue weighted by atomic mass is 10.0. The van der Waals surface area contributed by atoms with Gasteiger partial charge >= 0.3 is 0 Å². The maximum absolute atomic E-state index is 10.5. The molecule has 20 heavy (non-hydrogen) atoms. The van der Waals surface area contributed by atoms with Crippen LogP contribution >= 0.6 is 0 Å². The number of rotatable bonds is 5. The first-order valence-corrected chi connectivity index (χ1v) is 5.96. The van der Waals surface area contributed by atoms with Crippen LogP contribution in [0.3, 0.4) is 0 Å². The minimum atomic E-state index is -1.02. The number of aliphatic hydroxyl groups is 1. The molecule has 106 valence electrons. The number of benzene rings is 1. The first-order chi connectivity index (χ1) is 9.72. The van der Waals surface area contributed by atoms with Crippen LogP contribution in [0, 0.1) is 0 Å². The summed E-state index contributed by atoms with van der Waals surface area (Å²) in [6.07, 6.45) is 1.97. The van der Waals surface area contributed by atoms with Crippen molar-refractivity contribution in [3.05, 3.63) is 41.9 Å². The minimum absolute atomic E-state index is 0.268. The second-order valence-electron chi connectivity index (χ2n) is 3.94. The van der Waals surface area contributed by atoms with E-state index in [1.54, 1.807) is 18.2 Å². The third-order valence-corrected chi connectivity index (χ3v) is 2.87. The van der Waals surface area contributed by atoms with Gasteiger partial charge in [-0.25, -0.2) is 4.98 Å². The predicted octanol–water partition coefficient (Wildman–Crippen LogP) is 1.58. The first kappa shape index (κ1) is 14.1. The quantitative estimate of drug-likeness (QED) is 0.894. The van der Waals surface area contributed by atoms with Crippen molar-refractivity contribution in [2.24, 2.45) is 0 Å². The van der Waals surface area contributed by atoms with Crippen LogP contribution in [0.5, 0.6) is 17.4 Å². The highest BCUT2D eigenvalue weighted by molar-refractivity contribution is 5.50. The third kappa shape index (κ3) is 2.50. The van der Waals surface area contributed by atoms with Gasteiger partial charge in [0.2, 0.25) is 5.88 Å². The average molecular weight is 276 g/mol. The Bertz CT molecular complexity index is 589. The second-order valence-corrected chi connectivity index (χ2v) is 3.94. The number of aliphatic hydroxyl groups excluding tert-OH is 1. The van der Waals surface area contributed by atoms with Gasteiger partial charge in [0.05, 0.1) is 21.3 Å². The van der Waals surface area contributed by atoms with Crippen LogP contribution in [-0.2, 0) is 0 Å². The van der Waals surface area contributed by atoms with Gasteiger partial charge in [-0.05, 0) is 6.07 Å². The largest absolute Gasteiger partial charge is 0.493 e. The van der Waals surface area contributed by atoms with Gasteiger partial charge in [-0.15, -0.1) is 0 Å². The number of para-hydroxylation sites is 1. The molecule has 0 aliphatic rings. The van der Waals surface area contributed by atoms with Gasteiger partial charge in [-0.1, -0.05) is 12.1 Å². The Morgan fingerprint density at radius 2 is 1.75 bits per heavy atom. The summed E-state index contributed by atoms with van der Waals surface area (Å²) >= 11 is 0. The molecule has 1 atom stereocenters. The number of hydrogen-bond acceptors (Lipinski definition) is 6. The highest BCUT2D eigenvalue weighted by Gasteiger charge is 2.23. The molecule has 1 unspecified atom stereocenters. The van der Waals surface area contributed by atoms with Crippen LogP contribution in [0.25, 0.3) is 0 Å². The van der Waals surface area contributed by atoms with Crippen molar-refractivity contribution in [1.82, 2.24) is 9.97 Å². The predicted molar refractivity (Wildman–Crippen MR) is 72.2 cm³/mol. The molecule has 2 rings (SSSR count). The van der Waals surface area contributed by atoms with Gasteiger partial charge in [0, 0.05) is 18.0 Å². The van der Waals surface area contributed by atoms with Gasteiger partial charge in [-0.2, -0.15) is 0 Å². The van der Waals surface area contributed by atoms with Crippen molar-refractivity contribution in [3.63, 3.8) is 0 Å². The molecule has 0 saturated heterocycles. The zero-order valence-corrected chi connectivity index (χ0v) is 11.5. The Labute approximate surface area is 117 Å². The first-order valence-electron chi connectivity index (χ1n) is 5.96. The molecule has 1 aromatic carbocycles. The van der Waals surface area contributed by atoms with Crippen LogP contribution in [0.1, 0.15) is 17.4 Å². The highest BCUT2D eigenvalue weighted by Crippen LogP contribution is 2.38. The smallest absolute Gasteiger partial charge is 0.238 e. The van der Waals surface area contributed by atoms with Crippen LogP contribution in [-0.4, -0.2) is 36.4 Å². The average Bonchev–Trinajstić information content (AvgIpc) is 2.53. The molecule has 1 N–H and O–H groups in total. The zero-order chi connectivity index (χ0) is 14.5. The Morgan fingerprint density at radius 1 is 1.00 bits per heavy atom. The van der Waals surface area contributed by atoms with E-state index in [2.05, 4.69) is 9.97 Å². The van der Waals surface area contributed by atoms with Gasteiger partial charge in [0.25, 0.3) is 0 Å². The van der Waals surface area contributed by atoms with Crippen molar-refractivity contribution in [1.29, 1.82) is 0 Å². The molecule has 2 aromatic rings. The molecule has 0 amide bonds. The summed E-state index contributed by atoms with van der Waals surface area (Å²) < 4.78 is 15.6. The fourth-order valence-electron chi connectivity index (χ4n) is 1.96. The molecule has 0 radical (unpaired) electrons. The van der Waals surface area contributed by atoms with Crippen LogP contribution in [0.2, 0.25) is 0 Å². The minimum Gasteiger partial charge on any atom is -0.493 e. The molecule has 6 heteroatoms. The van der Waals surface area contributed by atoms with Crippen molar-refractivity contribution >= 4 is 0 Å². The number of hydrogen-bond donors (Lipinski definition) is 1. The van der Waals surface area contributed by atoms with Gasteiger partial charge in [0.1, 0.15) is 11.8 Å². The molecule has 0 aliphatic heterocycles. The topological polar surface area (TPSA) is 73.7 Å². The lowest BCUT2D eigenvalue weighted by molar-refractivity contribution is 0.201. The summed E-state index contributed by atoms with van der Waals surface area (Å²) in [6.45, 7) is 0. The van der Waals surface area contributed by atoms with E-state index in [1.807, 2.05) is 0 Å². The fraction of sp³-hybridized carbons (Fsp3) is 0.286. The van der Waals surface area contributed by atoms with Crippen LogP contribution in [0.15, 0.2) is 30.6 Å². The summed E-state index contributed by atoms with van der Waals surface area (Å²) in [4.78, 5) is 8.15. The molecule has 6 nitrogen and oxygen atoms in total. The zero-order valence-electron chi connectivity index (χ0n) is 11.5. The number of nitrogens with zero attached hydrogens (tertiary/aromatic N) is 2. The summed E-state index contributed by atoms with van der Waals surface area (Å²) in [7, 11) is 4.53. The van der Waals surface area contributed by atoms with E-state index in [-0.39, 0.29) is 5.88 Å². The normalized spacial score (nSPS) is 11.8. The highest BCUT2D eigenvalue weighted by atomic mass is 16.5. The molecule has 1 heterocycles. The van der Waals surface area contributed by atoms with E-state index < -0.39 is 6.10 Å². The standard InChI is InChI=1S/C14H16N2O4/c1-18-10-6-4-5-9(13(10)19-2)12(17)11-14(20-3)16-8-7-15-11/h4-8,12,17H,1-3H3.